The van der Waals surface area contributed by atoms with Crippen LogP contribution in [0.25, 0.3) is 0 Å². The van der Waals surface area contributed by atoms with E-state index < -0.39 is 0 Å². The highest BCUT2D eigenvalue weighted by Gasteiger charge is 2.03. The Morgan fingerprint density at radius 1 is 0.256 bits per heavy atom. The van der Waals surface area contributed by atoms with E-state index in [9.17, 15) is 0 Å². The molecule has 0 aliphatic heterocycles. The Balaban J connectivity index is 3.13. The molecule has 39 heavy (non-hydrogen) atoms. The van der Waals surface area contributed by atoms with Gasteiger partial charge in [0.2, 0.25) is 0 Å². The van der Waals surface area contributed by atoms with Crippen molar-refractivity contribution in [2.75, 3.05) is 0 Å². The third kappa shape index (κ3) is 36.0. The zero-order valence-corrected chi connectivity index (χ0v) is 28.0. The van der Waals surface area contributed by atoms with Gasteiger partial charge in [-0.15, -0.1) is 0 Å². The van der Waals surface area contributed by atoms with Crippen molar-refractivity contribution in [3.05, 3.63) is 6.92 Å². The molecule has 0 spiro atoms. The van der Waals surface area contributed by atoms with Crippen LogP contribution in [0.1, 0.15) is 239 Å². The molecule has 0 heterocycles. The molecule has 1 radical (unpaired) electrons. The Kier molecular flexibility index (Phi) is 36.0. The predicted octanol–water partition coefficient (Wildman–Crippen LogP) is 15.1. The second-order valence-corrected chi connectivity index (χ2v) is 13.4. The predicted molar refractivity (Wildman–Crippen MR) is 182 cm³/mol. The summed E-state index contributed by atoms with van der Waals surface area (Å²) in [4.78, 5) is 0. The fourth-order valence-corrected chi connectivity index (χ4v) is 6.28. The van der Waals surface area contributed by atoms with Crippen LogP contribution in [0.5, 0.6) is 0 Å². The van der Waals surface area contributed by atoms with Gasteiger partial charge in [-0.2, -0.15) is 0 Å². The van der Waals surface area contributed by atoms with Gasteiger partial charge >= 0.3 is 0 Å². The van der Waals surface area contributed by atoms with E-state index in [1.165, 1.54) is 225 Å². The van der Waals surface area contributed by atoms with Gasteiger partial charge in [0.25, 0.3) is 0 Å². The Bertz CT molecular complexity index is 399. The molecule has 0 fully saturated rings. The average Bonchev–Trinajstić information content (AvgIpc) is 2.94. The summed E-state index contributed by atoms with van der Waals surface area (Å²) in [5.41, 5.74) is 0. The monoisotopic (exact) mass is 548 g/mol. The van der Waals surface area contributed by atoms with Gasteiger partial charge in [-0.3, -0.25) is 0 Å². The molecule has 0 saturated heterocycles. The lowest BCUT2D eigenvalue weighted by Crippen LogP contribution is -1.95. The molecule has 1 atom stereocenters. The Labute approximate surface area is 251 Å². The Hall–Kier alpha value is 0. The minimum Gasteiger partial charge on any atom is -0.0654 e. The topological polar surface area (TPSA) is 0 Å². The fourth-order valence-electron chi connectivity index (χ4n) is 6.28. The molecule has 0 aromatic rings. The van der Waals surface area contributed by atoms with Crippen LogP contribution in [0.2, 0.25) is 0 Å². The maximum absolute atomic E-state index is 4.45. The lowest BCUT2D eigenvalue weighted by molar-refractivity contribution is 0.459. The van der Waals surface area contributed by atoms with Crippen LogP contribution in [0, 0.1) is 12.8 Å². The molecule has 0 heteroatoms. The molecular weight excluding hydrogens is 468 g/mol. The molecule has 0 bridgehead atoms. The first kappa shape index (κ1) is 39.0. The van der Waals surface area contributed by atoms with E-state index in [-0.39, 0.29) is 0 Å². The van der Waals surface area contributed by atoms with Gasteiger partial charge < -0.3 is 0 Å². The highest BCUT2D eigenvalue weighted by atomic mass is 14.1. The van der Waals surface area contributed by atoms with E-state index in [1.807, 2.05) is 0 Å². The summed E-state index contributed by atoms with van der Waals surface area (Å²) in [6.45, 7) is 9.07. The van der Waals surface area contributed by atoms with Gasteiger partial charge in [0.15, 0.2) is 0 Å². The van der Waals surface area contributed by atoms with Gasteiger partial charge in [0, 0.05) is 0 Å². The highest BCUT2D eigenvalue weighted by molar-refractivity contribution is 4.62. The van der Waals surface area contributed by atoms with E-state index in [4.69, 9.17) is 0 Å². The highest BCUT2D eigenvalue weighted by Crippen LogP contribution is 2.19. The minimum absolute atomic E-state index is 0.716. The Morgan fingerprint density at radius 3 is 0.590 bits per heavy atom. The number of unbranched alkanes of at least 4 members (excludes halogenated alkanes) is 31. The number of hydrogen-bond acceptors (Lipinski definition) is 0. The molecule has 1 unspecified atom stereocenters. The third-order valence-electron chi connectivity index (χ3n) is 9.18. The van der Waals surface area contributed by atoms with Crippen LogP contribution < -0.4 is 0 Å². The summed E-state index contributed by atoms with van der Waals surface area (Å²) in [7, 11) is 0. The lowest BCUT2D eigenvalue weighted by atomic mass is 9.95. The molecule has 0 aliphatic rings. The second-order valence-electron chi connectivity index (χ2n) is 13.4. The number of hydrogen-bond donors (Lipinski definition) is 0. The standard InChI is InChI=1S/C39H79/c1-4-6-8-10-12-14-16-18-19-20-21-22-23-24-26-28-30-32-34-36-38-39(3)37-35-33-31-29-27-25-17-15-13-11-9-7-5-2/h39H,3-38H2,1-2H3. The van der Waals surface area contributed by atoms with Gasteiger partial charge in [-0.05, 0) is 5.92 Å². The van der Waals surface area contributed by atoms with Crippen LogP contribution in [-0.4, -0.2) is 0 Å². The quantitative estimate of drug-likeness (QED) is 0.0692. The molecule has 0 nitrogen and oxygen atoms in total. The van der Waals surface area contributed by atoms with E-state index in [2.05, 4.69) is 20.8 Å². The normalized spacial score (nSPS) is 12.4. The summed E-state index contributed by atoms with van der Waals surface area (Å²) in [5.74, 6) is 0.716. The zero-order chi connectivity index (χ0) is 28.3. The largest absolute Gasteiger partial charge is 0.0654 e. The van der Waals surface area contributed by atoms with Crippen molar-refractivity contribution in [1.29, 1.82) is 0 Å². The van der Waals surface area contributed by atoms with Crippen molar-refractivity contribution >= 4 is 0 Å². The minimum atomic E-state index is 0.716. The maximum atomic E-state index is 4.45. The molecule has 0 saturated carbocycles. The Morgan fingerprint density at radius 2 is 0.410 bits per heavy atom. The molecule has 0 amide bonds. The summed E-state index contributed by atoms with van der Waals surface area (Å²) in [5, 5.41) is 0. The van der Waals surface area contributed by atoms with E-state index in [1.54, 1.807) is 0 Å². The SMILES string of the molecule is [CH2]C(CCCCCCCCCCCCCCC)CCCCCCCCCCCCCCCCCCCCCC. The smallest absolute Gasteiger partial charge is 0.0414 e. The van der Waals surface area contributed by atoms with Gasteiger partial charge in [-0.25, -0.2) is 0 Å². The van der Waals surface area contributed by atoms with Crippen LogP contribution in [0.15, 0.2) is 0 Å². The van der Waals surface area contributed by atoms with Gasteiger partial charge in [0.05, 0.1) is 0 Å². The van der Waals surface area contributed by atoms with Crippen LogP contribution in [-0.2, 0) is 0 Å². The summed E-state index contributed by atoms with van der Waals surface area (Å²) in [6.07, 6.45) is 51.1. The molecule has 0 N–H and O–H groups in total. The molecule has 235 valence electrons. The maximum Gasteiger partial charge on any atom is -0.0414 e. The first-order valence-corrected chi connectivity index (χ1v) is 19.1. The van der Waals surface area contributed by atoms with Crippen LogP contribution >= 0.6 is 0 Å². The van der Waals surface area contributed by atoms with E-state index in [0.717, 1.165) is 0 Å². The van der Waals surface area contributed by atoms with Crippen molar-refractivity contribution in [2.45, 2.75) is 239 Å². The molecule has 0 aliphatic carbocycles. The van der Waals surface area contributed by atoms with Crippen LogP contribution in [0.3, 0.4) is 0 Å². The average molecular weight is 548 g/mol. The second kappa shape index (κ2) is 36.0. The molecular formula is C39H79. The summed E-state index contributed by atoms with van der Waals surface area (Å²) in [6, 6.07) is 0. The lowest BCUT2D eigenvalue weighted by Gasteiger charge is -2.11. The zero-order valence-electron chi connectivity index (χ0n) is 28.0. The molecule has 0 aromatic carbocycles. The van der Waals surface area contributed by atoms with Crippen molar-refractivity contribution < 1.29 is 0 Å². The van der Waals surface area contributed by atoms with Crippen molar-refractivity contribution in [3.8, 4) is 0 Å². The van der Waals surface area contributed by atoms with Gasteiger partial charge in [0.1, 0.15) is 0 Å². The van der Waals surface area contributed by atoms with E-state index >= 15 is 0 Å². The number of rotatable bonds is 35. The van der Waals surface area contributed by atoms with Crippen molar-refractivity contribution in [3.63, 3.8) is 0 Å². The molecule has 0 aromatic heterocycles. The first-order valence-electron chi connectivity index (χ1n) is 19.1. The van der Waals surface area contributed by atoms with Gasteiger partial charge in [-0.1, -0.05) is 245 Å². The molecule has 0 rings (SSSR count). The summed E-state index contributed by atoms with van der Waals surface area (Å²) >= 11 is 0. The fraction of sp³-hybridized carbons (Fsp3) is 0.974. The van der Waals surface area contributed by atoms with Crippen molar-refractivity contribution in [1.82, 2.24) is 0 Å². The van der Waals surface area contributed by atoms with Crippen molar-refractivity contribution in [2.24, 2.45) is 5.92 Å². The third-order valence-corrected chi connectivity index (χ3v) is 9.18. The van der Waals surface area contributed by atoms with Crippen LogP contribution in [0.4, 0.5) is 0 Å². The van der Waals surface area contributed by atoms with E-state index in [0.29, 0.717) is 5.92 Å². The first-order chi connectivity index (χ1) is 19.3. The summed E-state index contributed by atoms with van der Waals surface area (Å²) < 4.78 is 0.